The van der Waals surface area contributed by atoms with E-state index in [0.717, 1.165) is 70.4 Å². The van der Waals surface area contributed by atoms with Crippen LogP contribution in [0.15, 0.2) is 12.1 Å². The Morgan fingerprint density at radius 3 is 2.14 bits per heavy atom. The standard InChI is InChI=1S/C28H45FN2O4/c1-6-10-16-34-26(35-17-11-7-2)20-12-14-31(15-13-20)23-19-24(33-5)21(18-22(23)29)25-28(8-3,9-4)27(32)30-25/h18-20,25-26H,6-17H2,1-5H3,(H,30,32)/t25-/m0/s1. The van der Waals surface area contributed by atoms with Gasteiger partial charge in [0.1, 0.15) is 11.6 Å². The summed E-state index contributed by atoms with van der Waals surface area (Å²) in [6, 6.07) is 3.14. The maximum Gasteiger partial charge on any atom is 0.229 e. The first-order valence-corrected chi connectivity index (χ1v) is 13.6. The molecule has 3 rings (SSSR count). The fourth-order valence-electron chi connectivity index (χ4n) is 5.44. The second-order valence-corrected chi connectivity index (χ2v) is 9.96. The maximum atomic E-state index is 15.4. The lowest BCUT2D eigenvalue weighted by molar-refractivity contribution is -0.177. The molecule has 2 saturated heterocycles. The van der Waals surface area contributed by atoms with Crippen molar-refractivity contribution in [1.29, 1.82) is 0 Å². The number of piperidine rings is 1. The normalized spacial score (nSPS) is 20.1. The summed E-state index contributed by atoms with van der Waals surface area (Å²) >= 11 is 0. The van der Waals surface area contributed by atoms with E-state index >= 15 is 4.39 Å². The second-order valence-electron chi connectivity index (χ2n) is 9.96. The molecule has 2 heterocycles. The monoisotopic (exact) mass is 492 g/mol. The number of nitrogens with one attached hydrogen (secondary N) is 1. The number of amides is 1. The molecule has 7 heteroatoms. The van der Waals surface area contributed by atoms with Crippen molar-refractivity contribution in [3.05, 3.63) is 23.5 Å². The van der Waals surface area contributed by atoms with Crippen molar-refractivity contribution in [2.45, 2.75) is 91.4 Å². The van der Waals surface area contributed by atoms with Crippen molar-refractivity contribution in [1.82, 2.24) is 5.32 Å². The van der Waals surface area contributed by atoms with Gasteiger partial charge in [-0.1, -0.05) is 40.5 Å². The zero-order valence-electron chi connectivity index (χ0n) is 22.3. The number of hydrogen-bond acceptors (Lipinski definition) is 5. The number of nitrogens with zero attached hydrogens (tertiary/aromatic N) is 1. The zero-order chi connectivity index (χ0) is 25.4. The third-order valence-electron chi connectivity index (χ3n) is 7.98. The highest BCUT2D eigenvalue weighted by molar-refractivity contribution is 5.91. The van der Waals surface area contributed by atoms with Gasteiger partial charge in [0.05, 0.1) is 24.3 Å². The number of anilines is 1. The minimum absolute atomic E-state index is 0.0398. The molecule has 198 valence electrons. The summed E-state index contributed by atoms with van der Waals surface area (Å²) in [7, 11) is 1.61. The van der Waals surface area contributed by atoms with Crippen LogP contribution in [0.4, 0.5) is 10.1 Å². The first kappa shape index (κ1) is 27.7. The molecule has 1 atom stereocenters. The lowest BCUT2D eigenvalue weighted by Crippen LogP contribution is -2.60. The predicted molar refractivity (Wildman–Crippen MR) is 137 cm³/mol. The summed E-state index contributed by atoms with van der Waals surface area (Å²) < 4.78 is 33.3. The Morgan fingerprint density at radius 1 is 1.06 bits per heavy atom. The largest absolute Gasteiger partial charge is 0.496 e. The van der Waals surface area contributed by atoms with Crippen LogP contribution in [-0.4, -0.2) is 45.6 Å². The van der Waals surface area contributed by atoms with Gasteiger partial charge in [0.15, 0.2) is 6.29 Å². The van der Waals surface area contributed by atoms with Gasteiger partial charge in [-0.15, -0.1) is 0 Å². The third kappa shape index (κ3) is 5.93. The number of methoxy groups -OCH3 is 1. The van der Waals surface area contributed by atoms with E-state index in [2.05, 4.69) is 24.1 Å². The lowest BCUT2D eigenvalue weighted by Gasteiger charge is -2.48. The summed E-state index contributed by atoms with van der Waals surface area (Å²) in [6.07, 6.45) is 7.27. The molecule has 0 unspecified atom stereocenters. The number of halogens is 1. The SMILES string of the molecule is CCCCOC(OCCCC)C1CCN(c2cc(OC)c([C@@H]3NC(=O)C3(CC)CC)cc2F)CC1. The Kier molecular flexibility index (Phi) is 10.2. The van der Waals surface area contributed by atoms with E-state index in [1.807, 2.05) is 13.8 Å². The number of carbonyl (C=O) groups excluding carboxylic acids is 1. The first-order chi connectivity index (χ1) is 16.9. The van der Waals surface area contributed by atoms with Crippen LogP contribution in [-0.2, 0) is 14.3 Å². The molecule has 1 amide bonds. The Balaban J connectivity index is 1.70. The van der Waals surface area contributed by atoms with Crippen LogP contribution in [0.3, 0.4) is 0 Å². The summed E-state index contributed by atoms with van der Waals surface area (Å²) in [5.41, 5.74) is 0.786. The molecule has 1 N–H and O–H groups in total. The molecule has 2 fully saturated rings. The highest BCUT2D eigenvalue weighted by Crippen LogP contribution is 2.50. The Bertz CT molecular complexity index is 811. The van der Waals surface area contributed by atoms with Crippen LogP contribution >= 0.6 is 0 Å². The van der Waals surface area contributed by atoms with Crippen LogP contribution in [0.25, 0.3) is 0 Å². The van der Waals surface area contributed by atoms with Gasteiger partial charge in [0, 0.05) is 43.9 Å². The lowest BCUT2D eigenvalue weighted by atomic mass is 9.66. The smallest absolute Gasteiger partial charge is 0.229 e. The number of benzene rings is 1. The Hall–Kier alpha value is -1.86. The van der Waals surface area contributed by atoms with Crippen molar-refractivity contribution < 1.29 is 23.4 Å². The van der Waals surface area contributed by atoms with E-state index in [9.17, 15) is 4.79 Å². The fourth-order valence-corrected chi connectivity index (χ4v) is 5.44. The van der Waals surface area contributed by atoms with Crippen LogP contribution in [0.1, 0.15) is 90.7 Å². The summed E-state index contributed by atoms with van der Waals surface area (Å²) in [5.74, 6) is 0.710. The van der Waals surface area contributed by atoms with Crippen molar-refractivity contribution in [3.63, 3.8) is 0 Å². The van der Waals surface area contributed by atoms with Crippen molar-refractivity contribution in [3.8, 4) is 5.75 Å². The van der Waals surface area contributed by atoms with Gasteiger partial charge >= 0.3 is 0 Å². The molecular weight excluding hydrogens is 447 g/mol. The second kappa shape index (κ2) is 12.9. The minimum Gasteiger partial charge on any atom is -0.496 e. The van der Waals surface area contributed by atoms with Crippen LogP contribution in [0, 0.1) is 17.2 Å². The quantitative estimate of drug-likeness (QED) is 0.196. The number of hydrogen-bond donors (Lipinski definition) is 1. The zero-order valence-corrected chi connectivity index (χ0v) is 22.3. The molecule has 0 bridgehead atoms. The molecule has 0 spiro atoms. The van der Waals surface area contributed by atoms with E-state index < -0.39 is 5.41 Å². The molecule has 6 nitrogen and oxygen atoms in total. The molecule has 1 aromatic carbocycles. The number of ether oxygens (including phenoxy) is 3. The molecular formula is C28H45FN2O4. The predicted octanol–water partition coefficient (Wildman–Crippen LogP) is 5.99. The summed E-state index contributed by atoms with van der Waals surface area (Å²) in [5, 5.41) is 2.99. The van der Waals surface area contributed by atoms with E-state index in [4.69, 9.17) is 14.2 Å². The molecule has 0 aromatic heterocycles. The summed E-state index contributed by atoms with van der Waals surface area (Å²) in [4.78, 5) is 14.5. The number of rotatable bonds is 14. The van der Waals surface area contributed by atoms with Gasteiger partial charge in [-0.2, -0.15) is 0 Å². The van der Waals surface area contributed by atoms with Gasteiger partial charge in [0.25, 0.3) is 0 Å². The summed E-state index contributed by atoms with van der Waals surface area (Å²) in [6.45, 7) is 11.3. The van der Waals surface area contributed by atoms with Crippen molar-refractivity contribution in [2.75, 3.05) is 38.3 Å². The fraction of sp³-hybridized carbons (Fsp3) is 0.750. The van der Waals surface area contributed by atoms with Gasteiger partial charge < -0.3 is 24.4 Å². The van der Waals surface area contributed by atoms with Gasteiger partial charge in [-0.3, -0.25) is 4.79 Å². The third-order valence-corrected chi connectivity index (χ3v) is 7.98. The molecule has 0 saturated carbocycles. The Morgan fingerprint density at radius 2 is 1.66 bits per heavy atom. The number of carbonyl (C=O) groups is 1. The first-order valence-electron chi connectivity index (χ1n) is 13.6. The van der Waals surface area contributed by atoms with E-state index in [1.165, 1.54) is 0 Å². The molecule has 2 aliphatic rings. The number of β-lactam (4-membered cyclic amide) rings is 1. The molecule has 35 heavy (non-hydrogen) atoms. The van der Waals surface area contributed by atoms with E-state index in [1.54, 1.807) is 19.2 Å². The molecule has 0 aliphatic carbocycles. The van der Waals surface area contributed by atoms with Gasteiger partial charge in [0.2, 0.25) is 5.91 Å². The average Bonchev–Trinajstić information content (AvgIpc) is 2.87. The van der Waals surface area contributed by atoms with Gasteiger partial charge in [-0.25, -0.2) is 4.39 Å². The molecule has 0 radical (unpaired) electrons. The topological polar surface area (TPSA) is 60.0 Å². The average molecular weight is 493 g/mol. The van der Waals surface area contributed by atoms with Crippen LogP contribution < -0.4 is 15.0 Å². The maximum absolute atomic E-state index is 15.4. The van der Waals surface area contributed by atoms with Crippen LogP contribution in [0.2, 0.25) is 0 Å². The van der Waals surface area contributed by atoms with Crippen LogP contribution in [0.5, 0.6) is 5.75 Å². The highest BCUT2D eigenvalue weighted by Gasteiger charge is 2.53. The Labute approximate surface area is 210 Å². The molecule has 2 aliphatic heterocycles. The molecule has 1 aromatic rings. The minimum atomic E-state index is -0.496. The van der Waals surface area contributed by atoms with Crippen molar-refractivity contribution in [2.24, 2.45) is 11.3 Å². The van der Waals surface area contributed by atoms with Gasteiger partial charge in [-0.05, 0) is 44.6 Å². The highest BCUT2D eigenvalue weighted by atomic mass is 19.1. The number of unbranched alkanes of at least 4 members (excludes halogenated alkanes) is 2. The van der Waals surface area contributed by atoms with Crippen molar-refractivity contribution >= 4 is 11.6 Å². The van der Waals surface area contributed by atoms with E-state index in [-0.39, 0.29) is 24.1 Å². The van der Waals surface area contributed by atoms with E-state index in [0.29, 0.717) is 30.2 Å².